The number of esters is 1. The number of benzene rings is 1. The number of likely N-dealkylation sites (N-methyl/N-ethyl adjacent to an activating group) is 1. The first-order chi connectivity index (χ1) is 8.61. The Morgan fingerprint density at radius 2 is 2.00 bits per heavy atom. The number of rotatable bonds is 6. The van der Waals surface area contributed by atoms with E-state index < -0.39 is 0 Å². The molecule has 0 aliphatic rings. The third-order valence-corrected chi connectivity index (χ3v) is 3.30. The SMILES string of the molecule is CNC(=O)COC(=O)CCSc1ccc(Cl)cc1. The van der Waals surface area contributed by atoms with Crippen LogP contribution in [0.3, 0.4) is 0 Å². The van der Waals surface area contributed by atoms with Gasteiger partial charge in [-0.05, 0) is 24.3 Å². The van der Waals surface area contributed by atoms with Crippen molar-refractivity contribution < 1.29 is 14.3 Å². The van der Waals surface area contributed by atoms with E-state index >= 15 is 0 Å². The number of nitrogens with one attached hydrogen (secondary N) is 1. The zero-order valence-corrected chi connectivity index (χ0v) is 11.5. The van der Waals surface area contributed by atoms with E-state index in [1.807, 2.05) is 12.1 Å². The molecule has 0 radical (unpaired) electrons. The monoisotopic (exact) mass is 287 g/mol. The first kappa shape index (κ1) is 14.9. The summed E-state index contributed by atoms with van der Waals surface area (Å²) in [6, 6.07) is 7.38. The second-order valence-electron chi connectivity index (χ2n) is 3.39. The minimum Gasteiger partial charge on any atom is -0.456 e. The minimum atomic E-state index is -0.375. The lowest BCUT2D eigenvalue weighted by Crippen LogP contribution is -2.25. The van der Waals surface area contributed by atoms with Gasteiger partial charge in [0, 0.05) is 22.7 Å². The largest absolute Gasteiger partial charge is 0.456 e. The molecular formula is C12H14ClNO3S. The summed E-state index contributed by atoms with van der Waals surface area (Å²) in [4.78, 5) is 23.1. The smallest absolute Gasteiger partial charge is 0.307 e. The fourth-order valence-corrected chi connectivity index (χ4v) is 2.03. The number of carbonyl (C=O) groups is 2. The van der Waals surface area contributed by atoms with Gasteiger partial charge in [0.05, 0.1) is 6.42 Å². The first-order valence-electron chi connectivity index (χ1n) is 5.36. The molecule has 1 N–H and O–H groups in total. The van der Waals surface area contributed by atoms with E-state index in [4.69, 9.17) is 16.3 Å². The predicted molar refractivity (Wildman–Crippen MR) is 71.8 cm³/mol. The lowest BCUT2D eigenvalue weighted by Gasteiger charge is -2.04. The highest BCUT2D eigenvalue weighted by atomic mass is 35.5. The number of amides is 1. The van der Waals surface area contributed by atoms with Crippen LogP contribution in [0, 0.1) is 0 Å². The summed E-state index contributed by atoms with van der Waals surface area (Å²) in [6.07, 6.45) is 0.268. The molecule has 1 amide bonds. The van der Waals surface area contributed by atoms with E-state index in [0.717, 1.165) is 4.90 Å². The van der Waals surface area contributed by atoms with Crippen LogP contribution in [0.4, 0.5) is 0 Å². The van der Waals surface area contributed by atoms with Crippen molar-refractivity contribution in [2.75, 3.05) is 19.4 Å². The Balaban J connectivity index is 2.19. The van der Waals surface area contributed by atoms with Gasteiger partial charge in [0.25, 0.3) is 5.91 Å². The summed E-state index contributed by atoms with van der Waals surface area (Å²) in [5, 5.41) is 3.06. The first-order valence-corrected chi connectivity index (χ1v) is 6.72. The molecule has 0 saturated carbocycles. The summed E-state index contributed by atoms with van der Waals surface area (Å²) >= 11 is 7.30. The molecule has 0 aromatic heterocycles. The van der Waals surface area contributed by atoms with Crippen molar-refractivity contribution in [1.29, 1.82) is 0 Å². The average molecular weight is 288 g/mol. The molecule has 4 nitrogen and oxygen atoms in total. The molecule has 0 saturated heterocycles. The Kier molecular flexibility index (Phi) is 6.60. The van der Waals surface area contributed by atoms with Gasteiger partial charge in [-0.15, -0.1) is 11.8 Å². The quantitative estimate of drug-likeness (QED) is 0.643. The average Bonchev–Trinajstić information content (AvgIpc) is 2.38. The molecule has 0 spiro atoms. The molecular weight excluding hydrogens is 274 g/mol. The Labute approximate surface area is 115 Å². The van der Waals surface area contributed by atoms with Gasteiger partial charge in [-0.3, -0.25) is 9.59 Å². The third kappa shape index (κ3) is 5.93. The molecule has 98 valence electrons. The van der Waals surface area contributed by atoms with Crippen LogP contribution in [-0.2, 0) is 14.3 Å². The summed E-state index contributed by atoms with van der Waals surface area (Å²) in [5.41, 5.74) is 0. The predicted octanol–water partition coefficient (Wildman–Crippen LogP) is 2.11. The van der Waals surface area contributed by atoms with Gasteiger partial charge < -0.3 is 10.1 Å². The standard InChI is InChI=1S/C12H14ClNO3S/c1-14-11(15)8-17-12(16)6-7-18-10-4-2-9(13)3-5-10/h2-5H,6-8H2,1H3,(H,14,15). The van der Waals surface area contributed by atoms with Crippen molar-refractivity contribution in [2.45, 2.75) is 11.3 Å². The summed E-state index contributed by atoms with van der Waals surface area (Å²) < 4.78 is 4.77. The van der Waals surface area contributed by atoms with Crippen LogP contribution < -0.4 is 5.32 Å². The number of hydrogen-bond acceptors (Lipinski definition) is 4. The van der Waals surface area contributed by atoms with Gasteiger partial charge in [-0.1, -0.05) is 11.6 Å². The number of halogens is 1. The molecule has 1 rings (SSSR count). The zero-order valence-electron chi connectivity index (χ0n) is 9.94. The molecule has 0 aliphatic heterocycles. The lowest BCUT2D eigenvalue weighted by molar-refractivity contribution is -0.147. The maximum Gasteiger partial charge on any atom is 0.307 e. The number of thioether (sulfide) groups is 1. The van der Waals surface area contributed by atoms with Crippen LogP contribution in [0.25, 0.3) is 0 Å². The highest BCUT2D eigenvalue weighted by molar-refractivity contribution is 7.99. The van der Waals surface area contributed by atoms with Crippen LogP contribution in [-0.4, -0.2) is 31.3 Å². The molecule has 1 aromatic rings. The summed E-state index contributed by atoms with van der Waals surface area (Å²) in [5.74, 6) is -0.0810. The zero-order chi connectivity index (χ0) is 13.4. The fourth-order valence-electron chi connectivity index (χ4n) is 1.07. The van der Waals surface area contributed by atoms with Crippen LogP contribution in [0.1, 0.15) is 6.42 Å². The maximum atomic E-state index is 11.3. The topological polar surface area (TPSA) is 55.4 Å². The van der Waals surface area contributed by atoms with Crippen molar-refractivity contribution in [3.05, 3.63) is 29.3 Å². The Morgan fingerprint density at radius 3 is 2.61 bits per heavy atom. The second kappa shape index (κ2) is 8.00. The molecule has 0 heterocycles. The van der Waals surface area contributed by atoms with E-state index in [0.29, 0.717) is 10.8 Å². The molecule has 0 fully saturated rings. The molecule has 0 bridgehead atoms. The Hall–Kier alpha value is -1.20. The van der Waals surface area contributed by atoms with Crippen LogP contribution in [0.15, 0.2) is 29.2 Å². The molecule has 1 aromatic carbocycles. The van der Waals surface area contributed by atoms with Gasteiger partial charge in [0.1, 0.15) is 0 Å². The Morgan fingerprint density at radius 1 is 1.33 bits per heavy atom. The van der Waals surface area contributed by atoms with Crippen molar-refractivity contribution in [3.63, 3.8) is 0 Å². The molecule has 18 heavy (non-hydrogen) atoms. The third-order valence-electron chi connectivity index (χ3n) is 2.03. The number of hydrogen-bond donors (Lipinski definition) is 1. The molecule has 0 atom stereocenters. The van der Waals surface area contributed by atoms with Gasteiger partial charge >= 0.3 is 5.97 Å². The van der Waals surface area contributed by atoms with E-state index in [2.05, 4.69) is 5.32 Å². The minimum absolute atomic E-state index is 0.221. The fraction of sp³-hybridized carbons (Fsp3) is 0.333. The lowest BCUT2D eigenvalue weighted by atomic mass is 10.4. The van der Waals surface area contributed by atoms with Crippen LogP contribution in [0.2, 0.25) is 5.02 Å². The van der Waals surface area contributed by atoms with Gasteiger partial charge in [0.15, 0.2) is 6.61 Å². The normalized spacial score (nSPS) is 9.89. The summed E-state index contributed by atoms with van der Waals surface area (Å²) in [7, 11) is 1.49. The Bertz CT molecular complexity index is 408. The van der Waals surface area contributed by atoms with E-state index in [9.17, 15) is 9.59 Å². The van der Waals surface area contributed by atoms with Crippen molar-refractivity contribution in [2.24, 2.45) is 0 Å². The summed E-state index contributed by atoms with van der Waals surface area (Å²) in [6.45, 7) is -0.221. The maximum absolute atomic E-state index is 11.3. The van der Waals surface area contributed by atoms with E-state index in [1.165, 1.54) is 18.8 Å². The van der Waals surface area contributed by atoms with Crippen LogP contribution in [0.5, 0.6) is 0 Å². The molecule has 6 heteroatoms. The van der Waals surface area contributed by atoms with Crippen molar-refractivity contribution in [3.8, 4) is 0 Å². The number of ether oxygens (including phenoxy) is 1. The highest BCUT2D eigenvalue weighted by Gasteiger charge is 2.06. The highest BCUT2D eigenvalue weighted by Crippen LogP contribution is 2.20. The van der Waals surface area contributed by atoms with Gasteiger partial charge in [-0.25, -0.2) is 0 Å². The number of carbonyl (C=O) groups excluding carboxylic acids is 2. The van der Waals surface area contributed by atoms with E-state index in [-0.39, 0.29) is 24.9 Å². The van der Waals surface area contributed by atoms with Gasteiger partial charge in [-0.2, -0.15) is 0 Å². The van der Waals surface area contributed by atoms with Gasteiger partial charge in [0.2, 0.25) is 0 Å². The molecule has 0 unspecified atom stereocenters. The van der Waals surface area contributed by atoms with Crippen molar-refractivity contribution >= 4 is 35.2 Å². The van der Waals surface area contributed by atoms with Crippen LogP contribution >= 0.6 is 23.4 Å². The van der Waals surface area contributed by atoms with Crippen molar-refractivity contribution in [1.82, 2.24) is 5.32 Å². The van der Waals surface area contributed by atoms with E-state index in [1.54, 1.807) is 12.1 Å². The second-order valence-corrected chi connectivity index (χ2v) is 4.99. The molecule has 0 aliphatic carbocycles.